The monoisotopic (exact) mass is 261 g/mol. The average Bonchev–Trinajstić information content (AvgIpc) is 2.72. The second-order valence-electron chi connectivity index (χ2n) is 4.21. The maximum absolute atomic E-state index is 10.9. The molecule has 0 saturated carbocycles. The lowest BCUT2D eigenvalue weighted by molar-refractivity contribution is 0.0702. The molecule has 0 aliphatic carbocycles. The summed E-state index contributed by atoms with van der Waals surface area (Å²) >= 11 is 1.33. The van der Waals surface area contributed by atoms with Crippen LogP contribution in [0, 0.1) is 6.92 Å². The minimum atomic E-state index is -0.858. The molecule has 2 rings (SSSR count). The van der Waals surface area contributed by atoms with Crippen molar-refractivity contribution in [3.05, 3.63) is 51.0 Å². The van der Waals surface area contributed by atoms with Crippen LogP contribution in [0.15, 0.2) is 24.4 Å². The first-order chi connectivity index (χ1) is 8.60. The Hall–Kier alpha value is -1.68. The number of aromatic carboxylic acids is 1. The molecule has 0 atom stereocenters. The number of thiophene rings is 1. The highest BCUT2D eigenvalue weighted by Gasteiger charge is 2.11. The van der Waals surface area contributed by atoms with E-state index in [2.05, 4.69) is 18.0 Å². The zero-order chi connectivity index (χ0) is 13.1. The fraction of sp³-hybridized carbons (Fsp3) is 0.286. The van der Waals surface area contributed by atoms with Crippen LogP contribution in [0.4, 0.5) is 0 Å². The van der Waals surface area contributed by atoms with Gasteiger partial charge >= 0.3 is 5.97 Å². The van der Waals surface area contributed by atoms with E-state index in [0.717, 1.165) is 22.6 Å². The lowest BCUT2D eigenvalue weighted by Crippen LogP contribution is -1.92. The Balaban J connectivity index is 2.19. The molecule has 2 aromatic rings. The Kier molecular flexibility index (Phi) is 3.77. The lowest BCUT2D eigenvalue weighted by atomic mass is 10.1. The third-order valence-electron chi connectivity index (χ3n) is 2.87. The fourth-order valence-electron chi connectivity index (χ4n) is 1.73. The van der Waals surface area contributed by atoms with Crippen LogP contribution in [-0.4, -0.2) is 16.1 Å². The molecule has 0 spiro atoms. The topological polar surface area (TPSA) is 50.2 Å². The number of carboxylic acids is 1. The number of rotatable bonds is 4. The van der Waals surface area contributed by atoms with Crippen molar-refractivity contribution in [2.75, 3.05) is 0 Å². The van der Waals surface area contributed by atoms with Crippen LogP contribution in [0.1, 0.15) is 38.3 Å². The van der Waals surface area contributed by atoms with E-state index in [4.69, 9.17) is 5.11 Å². The van der Waals surface area contributed by atoms with Crippen molar-refractivity contribution in [2.24, 2.45) is 0 Å². The highest BCUT2D eigenvalue weighted by Crippen LogP contribution is 2.24. The summed E-state index contributed by atoms with van der Waals surface area (Å²) in [5, 5.41) is 8.95. The molecule has 18 heavy (non-hydrogen) atoms. The first-order valence-corrected chi connectivity index (χ1v) is 6.68. The van der Waals surface area contributed by atoms with Gasteiger partial charge in [0, 0.05) is 23.2 Å². The minimum absolute atomic E-state index is 0.396. The first kappa shape index (κ1) is 12.8. The van der Waals surface area contributed by atoms with E-state index in [1.807, 2.05) is 19.2 Å². The molecule has 0 aliphatic heterocycles. The maximum atomic E-state index is 10.9. The second kappa shape index (κ2) is 5.31. The van der Waals surface area contributed by atoms with E-state index in [9.17, 15) is 4.79 Å². The number of aryl methyl sites for hydroxylation is 2. The zero-order valence-electron chi connectivity index (χ0n) is 10.4. The van der Waals surface area contributed by atoms with E-state index in [1.54, 1.807) is 6.07 Å². The van der Waals surface area contributed by atoms with Crippen LogP contribution < -0.4 is 0 Å². The quantitative estimate of drug-likeness (QED) is 0.918. The zero-order valence-corrected chi connectivity index (χ0v) is 11.3. The van der Waals surface area contributed by atoms with Crippen molar-refractivity contribution in [2.45, 2.75) is 26.7 Å². The Bertz CT molecular complexity index is 558. The molecule has 0 aliphatic rings. The third kappa shape index (κ3) is 2.76. The summed E-state index contributed by atoms with van der Waals surface area (Å²) < 4.78 is 0. The number of aromatic nitrogens is 1. The summed E-state index contributed by atoms with van der Waals surface area (Å²) in [6.07, 6.45) is 3.57. The van der Waals surface area contributed by atoms with Crippen LogP contribution in [0.25, 0.3) is 0 Å². The fourth-order valence-corrected chi connectivity index (χ4v) is 2.76. The molecule has 0 bridgehead atoms. The number of hydrogen-bond donors (Lipinski definition) is 1. The normalized spacial score (nSPS) is 10.6. The van der Waals surface area contributed by atoms with Gasteiger partial charge in [-0.15, -0.1) is 11.3 Å². The maximum Gasteiger partial charge on any atom is 0.345 e. The lowest BCUT2D eigenvalue weighted by Gasteiger charge is -2.01. The highest BCUT2D eigenvalue weighted by atomic mass is 32.1. The van der Waals surface area contributed by atoms with E-state index in [1.165, 1.54) is 16.9 Å². The summed E-state index contributed by atoms with van der Waals surface area (Å²) in [6, 6.07) is 5.81. The third-order valence-corrected chi connectivity index (χ3v) is 4.09. The van der Waals surface area contributed by atoms with E-state index < -0.39 is 5.97 Å². The molecule has 1 N–H and O–H groups in total. The standard InChI is InChI=1S/C14H15NO2S/c1-3-10-4-5-11(15-8-10)7-12-9(2)6-13(18-12)14(16)17/h4-6,8H,3,7H2,1-2H3,(H,16,17). The Morgan fingerprint density at radius 1 is 1.44 bits per heavy atom. The van der Waals surface area contributed by atoms with Crippen LogP contribution >= 0.6 is 11.3 Å². The van der Waals surface area contributed by atoms with Crippen molar-refractivity contribution >= 4 is 17.3 Å². The number of hydrogen-bond acceptors (Lipinski definition) is 3. The smallest absolute Gasteiger partial charge is 0.345 e. The predicted octanol–water partition coefficient (Wildman–Crippen LogP) is 3.30. The van der Waals surface area contributed by atoms with Gasteiger partial charge in [0.25, 0.3) is 0 Å². The van der Waals surface area contributed by atoms with Gasteiger partial charge in [-0.2, -0.15) is 0 Å². The molecule has 2 heterocycles. The highest BCUT2D eigenvalue weighted by molar-refractivity contribution is 7.14. The summed E-state index contributed by atoms with van der Waals surface area (Å²) in [5.41, 5.74) is 3.22. The molecule has 0 aromatic carbocycles. The Morgan fingerprint density at radius 3 is 2.72 bits per heavy atom. The number of carboxylic acid groups (broad SMARTS) is 1. The van der Waals surface area contributed by atoms with Gasteiger partial charge in [-0.25, -0.2) is 4.79 Å². The molecule has 2 aromatic heterocycles. The molecule has 0 unspecified atom stereocenters. The van der Waals surface area contributed by atoms with Crippen molar-refractivity contribution < 1.29 is 9.90 Å². The van der Waals surface area contributed by atoms with Gasteiger partial charge in [0.2, 0.25) is 0 Å². The van der Waals surface area contributed by atoms with Gasteiger partial charge in [-0.3, -0.25) is 4.98 Å². The molecule has 0 fully saturated rings. The van der Waals surface area contributed by atoms with Gasteiger partial charge in [0.1, 0.15) is 4.88 Å². The van der Waals surface area contributed by atoms with Gasteiger partial charge in [0.15, 0.2) is 0 Å². The number of nitrogens with zero attached hydrogens (tertiary/aromatic N) is 1. The summed E-state index contributed by atoms with van der Waals surface area (Å²) in [4.78, 5) is 16.8. The molecule has 0 radical (unpaired) electrons. The van der Waals surface area contributed by atoms with Crippen LogP contribution in [0.5, 0.6) is 0 Å². The van der Waals surface area contributed by atoms with Crippen LogP contribution in [0.3, 0.4) is 0 Å². The number of carbonyl (C=O) groups is 1. The van der Waals surface area contributed by atoms with Crippen molar-refractivity contribution in [3.8, 4) is 0 Å². The molecule has 0 amide bonds. The van der Waals surface area contributed by atoms with E-state index in [0.29, 0.717) is 11.3 Å². The second-order valence-corrected chi connectivity index (χ2v) is 5.35. The van der Waals surface area contributed by atoms with E-state index >= 15 is 0 Å². The van der Waals surface area contributed by atoms with E-state index in [-0.39, 0.29) is 0 Å². The van der Waals surface area contributed by atoms with Gasteiger partial charge in [-0.1, -0.05) is 13.0 Å². The van der Waals surface area contributed by atoms with Crippen molar-refractivity contribution in [1.29, 1.82) is 0 Å². The Labute approximate surface area is 110 Å². The molecule has 0 saturated heterocycles. The summed E-state index contributed by atoms with van der Waals surface area (Å²) in [6.45, 7) is 4.04. The van der Waals surface area contributed by atoms with Gasteiger partial charge in [0.05, 0.1) is 0 Å². The average molecular weight is 261 g/mol. The van der Waals surface area contributed by atoms with Crippen molar-refractivity contribution in [3.63, 3.8) is 0 Å². The van der Waals surface area contributed by atoms with Crippen LogP contribution in [0.2, 0.25) is 0 Å². The summed E-state index contributed by atoms with van der Waals surface area (Å²) in [7, 11) is 0. The molecule has 3 nitrogen and oxygen atoms in total. The van der Waals surface area contributed by atoms with Gasteiger partial charge in [-0.05, 0) is 36.6 Å². The Morgan fingerprint density at radius 2 is 2.22 bits per heavy atom. The van der Waals surface area contributed by atoms with Gasteiger partial charge < -0.3 is 5.11 Å². The number of pyridine rings is 1. The minimum Gasteiger partial charge on any atom is -0.477 e. The van der Waals surface area contributed by atoms with Crippen LogP contribution in [-0.2, 0) is 12.8 Å². The molecule has 94 valence electrons. The molecule has 4 heteroatoms. The molecular formula is C14H15NO2S. The predicted molar refractivity (Wildman–Crippen MR) is 72.4 cm³/mol. The summed E-state index contributed by atoms with van der Waals surface area (Å²) in [5.74, 6) is -0.858. The SMILES string of the molecule is CCc1ccc(Cc2sc(C(=O)O)cc2C)nc1. The largest absolute Gasteiger partial charge is 0.477 e. The first-order valence-electron chi connectivity index (χ1n) is 5.86. The molecular weight excluding hydrogens is 246 g/mol. The van der Waals surface area contributed by atoms with Crippen molar-refractivity contribution in [1.82, 2.24) is 4.98 Å².